The monoisotopic (exact) mass is 251 g/mol. The van der Waals surface area contributed by atoms with Gasteiger partial charge < -0.3 is 20.3 Å². The maximum absolute atomic E-state index is 10.9. The Labute approximate surface area is 106 Å². The Balaban J connectivity index is 2.52. The van der Waals surface area contributed by atoms with Crippen molar-refractivity contribution in [2.75, 3.05) is 14.2 Å². The van der Waals surface area contributed by atoms with Gasteiger partial charge in [-0.25, -0.2) is 0 Å². The summed E-state index contributed by atoms with van der Waals surface area (Å²) in [6, 6.07) is 3.40. The lowest BCUT2D eigenvalue weighted by Gasteiger charge is -2.15. The van der Waals surface area contributed by atoms with Gasteiger partial charge in [0.15, 0.2) is 0 Å². The minimum atomic E-state index is -0.829. The summed E-state index contributed by atoms with van der Waals surface area (Å²) in [6.07, 6.45) is 0.669. The van der Waals surface area contributed by atoms with E-state index in [-0.39, 0.29) is 18.4 Å². The third-order valence-corrected chi connectivity index (χ3v) is 3.39. The van der Waals surface area contributed by atoms with E-state index >= 15 is 0 Å². The fourth-order valence-electron chi connectivity index (χ4n) is 2.69. The largest absolute Gasteiger partial charge is 0.496 e. The highest BCUT2D eigenvalue weighted by Crippen LogP contribution is 2.49. The van der Waals surface area contributed by atoms with Crippen LogP contribution in [0.1, 0.15) is 35.9 Å². The molecule has 2 rings (SSSR count). The van der Waals surface area contributed by atoms with Gasteiger partial charge in [-0.05, 0) is 18.6 Å². The predicted octanol–water partition coefficient (Wildman–Crippen LogP) is 1.67. The molecule has 0 fully saturated rings. The first kappa shape index (κ1) is 12.7. The van der Waals surface area contributed by atoms with Gasteiger partial charge in [0.25, 0.3) is 0 Å². The summed E-state index contributed by atoms with van der Waals surface area (Å²) in [4.78, 5) is 10.9. The number of nitrogens with two attached hydrogens (primary N) is 1. The highest BCUT2D eigenvalue weighted by atomic mass is 16.5. The molecule has 0 aliphatic heterocycles. The second kappa shape index (κ2) is 4.86. The van der Waals surface area contributed by atoms with Gasteiger partial charge in [0, 0.05) is 23.1 Å². The van der Waals surface area contributed by atoms with E-state index in [1.165, 1.54) is 0 Å². The van der Waals surface area contributed by atoms with Gasteiger partial charge >= 0.3 is 5.97 Å². The van der Waals surface area contributed by atoms with Crippen molar-refractivity contribution in [3.05, 3.63) is 23.3 Å². The Hall–Kier alpha value is -1.75. The van der Waals surface area contributed by atoms with Gasteiger partial charge in [-0.3, -0.25) is 4.79 Å². The summed E-state index contributed by atoms with van der Waals surface area (Å²) < 4.78 is 10.6. The highest BCUT2D eigenvalue weighted by molar-refractivity contribution is 5.69. The number of hydrogen-bond acceptors (Lipinski definition) is 4. The molecule has 0 bridgehead atoms. The van der Waals surface area contributed by atoms with Crippen LogP contribution in [0.5, 0.6) is 11.5 Å². The minimum absolute atomic E-state index is 0.0597. The van der Waals surface area contributed by atoms with Crippen molar-refractivity contribution in [2.45, 2.75) is 24.8 Å². The van der Waals surface area contributed by atoms with E-state index in [1.54, 1.807) is 26.4 Å². The van der Waals surface area contributed by atoms with Crippen LogP contribution in [0.25, 0.3) is 0 Å². The number of rotatable bonds is 4. The third-order valence-electron chi connectivity index (χ3n) is 3.39. The van der Waals surface area contributed by atoms with Crippen LogP contribution in [0.3, 0.4) is 0 Å². The fourth-order valence-corrected chi connectivity index (χ4v) is 2.69. The van der Waals surface area contributed by atoms with Crippen LogP contribution in [-0.4, -0.2) is 25.3 Å². The normalized spacial score (nSPS) is 21.5. The van der Waals surface area contributed by atoms with E-state index in [0.29, 0.717) is 17.9 Å². The molecule has 0 saturated carbocycles. The number of methoxy groups -OCH3 is 2. The van der Waals surface area contributed by atoms with Gasteiger partial charge in [-0.15, -0.1) is 0 Å². The van der Waals surface area contributed by atoms with Crippen LogP contribution < -0.4 is 15.2 Å². The molecule has 1 aliphatic rings. The van der Waals surface area contributed by atoms with E-state index in [1.807, 2.05) is 0 Å². The molecular formula is C13H17NO4. The van der Waals surface area contributed by atoms with Crippen molar-refractivity contribution in [1.29, 1.82) is 0 Å². The van der Waals surface area contributed by atoms with E-state index in [0.717, 1.165) is 11.1 Å². The molecule has 0 heterocycles. The molecule has 2 atom stereocenters. The molecule has 98 valence electrons. The van der Waals surface area contributed by atoms with Crippen LogP contribution in [-0.2, 0) is 4.79 Å². The van der Waals surface area contributed by atoms with Crippen molar-refractivity contribution < 1.29 is 19.4 Å². The Kier molecular flexibility index (Phi) is 3.43. The highest BCUT2D eigenvalue weighted by Gasteiger charge is 2.35. The average Bonchev–Trinajstić information content (AvgIpc) is 2.65. The van der Waals surface area contributed by atoms with Crippen molar-refractivity contribution >= 4 is 5.97 Å². The zero-order valence-corrected chi connectivity index (χ0v) is 10.5. The average molecular weight is 251 g/mol. The maximum Gasteiger partial charge on any atom is 0.303 e. The van der Waals surface area contributed by atoms with Gasteiger partial charge in [0.05, 0.1) is 20.6 Å². The summed E-state index contributed by atoms with van der Waals surface area (Å²) >= 11 is 0. The second-order valence-corrected chi connectivity index (χ2v) is 4.43. The Bertz CT molecular complexity index is 472. The fraction of sp³-hybridized carbons (Fsp3) is 0.462. The molecule has 18 heavy (non-hydrogen) atoms. The van der Waals surface area contributed by atoms with Crippen LogP contribution in [0.2, 0.25) is 0 Å². The number of hydrogen-bond donors (Lipinski definition) is 2. The lowest BCUT2D eigenvalue weighted by atomic mass is 9.96. The lowest BCUT2D eigenvalue weighted by Crippen LogP contribution is -2.08. The van der Waals surface area contributed by atoms with Crippen LogP contribution in [0, 0.1) is 0 Å². The number of fused-ring (bicyclic) bond motifs is 1. The molecule has 5 nitrogen and oxygen atoms in total. The Morgan fingerprint density at radius 3 is 2.39 bits per heavy atom. The summed E-state index contributed by atoms with van der Waals surface area (Å²) in [7, 11) is 3.16. The van der Waals surface area contributed by atoms with Crippen LogP contribution >= 0.6 is 0 Å². The zero-order chi connectivity index (χ0) is 13.3. The topological polar surface area (TPSA) is 81.8 Å². The molecule has 0 aromatic heterocycles. The molecular weight excluding hydrogens is 234 g/mol. The minimum Gasteiger partial charge on any atom is -0.496 e. The van der Waals surface area contributed by atoms with E-state index < -0.39 is 5.97 Å². The Morgan fingerprint density at radius 2 is 1.89 bits per heavy atom. The van der Waals surface area contributed by atoms with E-state index in [9.17, 15) is 4.79 Å². The molecule has 1 aromatic rings. The molecule has 2 unspecified atom stereocenters. The molecule has 0 spiro atoms. The first-order valence-electron chi connectivity index (χ1n) is 5.80. The van der Waals surface area contributed by atoms with Gasteiger partial charge in [0.2, 0.25) is 0 Å². The van der Waals surface area contributed by atoms with Crippen molar-refractivity contribution in [2.24, 2.45) is 5.73 Å². The number of carbonyl (C=O) groups is 1. The standard InChI is InChI=1S/C13H17NO4/c1-17-9-3-4-10(18-2)13-8(14)5-7(12(9)13)6-11(15)16/h3-4,7-8H,5-6,14H2,1-2H3,(H,15,16). The van der Waals surface area contributed by atoms with Gasteiger partial charge in [-0.2, -0.15) is 0 Å². The quantitative estimate of drug-likeness (QED) is 0.850. The van der Waals surface area contributed by atoms with Crippen molar-refractivity contribution in [3.63, 3.8) is 0 Å². The molecule has 0 amide bonds. The summed E-state index contributed by atoms with van der Waals surface area (Å²) in [5, 5.41) is 8.96. The molecule has 1 aromatic carbocycles. The van der Waals surface area contributed by atoms with E-state index in [2.05, 4.69) is 0 Å². The first-order valence-corrected chi connectivity index (χ1v) is 5.80. The van der Waals surface area contributed by atoms with E-state index in [4.69, 9.17) is 20.3 Å². The maximum atomic E-state index is 10.9. The zero-order valence-electron chi connectivity index (χ0n) is 10.5. The molecule has 5 heteroatoms. The number of carboxylic acids is 1. The molecule has 0 saturated heterocycles. The summed E-state index contributed by atoms with van der Waals surface area (Å²) in [5.41, 5.74) is 7.84. The predicted molar refractivity (Wildman–Crippen MR) is 66.1 cm³/mol. The first-order chi connectivity index (χ1) is 8.58. The number of benzene rings is 1. The van der Waals surface area contributed by atoms with Crippen LogP contribution in [0.15, 0.2) is 12.1 Å². The lowest BCUT2D eigenvalue weighted by molar-refractivity contribution is -0.137. The number of carboxylic acid groups (broad SMARTS) is 1. The number of ether oxygens (including phenoxy) is 2. The molecule has 1 aliphatic carbocycles. The summed E-state index contributed by atoms with van der Waals surface area (Å²) in [5.74, 6) is 0.443. The molecule has 3 N–H and O–H groups in total. The van der Waals surface area contributed by atoms with Gasteiger partial charge in [0.1, 0.15) is 11.5 Å². The molecule has 0 radical (unpaired) electrons. The summed E-state index contributed by atoms with van der Waals surface area (Å²) in [6.45, 7) is 0. The number of aliphatic carboxylic acids is 1. The van der Waals surface area contributed by atoms with Crippen molar-refractivity contribution in [3.8, 4) is 11.5 Å². The Morgan fingerprint density at radius 1 is 1.33 bits per heavy atom. The van der Waals surface area contributed by atoms with Crippen LogP contribution in [0.4, 0.5) is 0 Å². The second-order valence-electron chi connectivity index (χ2n) is 4.43. The smallest absolute Gasteiger partial charge is 0.303 e. The SMILES string of the molecule is COc1ccc(OC)c2c1C(N)CC2CC(=O)O. The third kappa shape index (κ3) is 2.01. The van der Waals surface area contributed by atoms with Crippen molar-refractivity contribution in [1.82, 2.24) is 0 Å². The van der Waals surface area contributed by atoms with Gasteiger partial charge in [-0.1, -0.05) is 0 Å².